The highest BCUT2D eigenvalue weighted by molar-refractivity contribution is 7.89. The number of aliphatic hydroxyl groups excluding tert-OH is 1. The molecule has 1 aliphatic heterocycles. The van der Waals surface area contributed by atoms with Crippen molar-refractivity contribution in [3.63, 3.8) is 0 Å². The number of hydrogen-bond donors (Lipinski definition) is 2. The van der Waals surface area contributed by atoms with Gasteiger partial charge in [0.05, 0.1) is 12.3 Å². The molecule has 0 unspecified atom stereocenters. The van der Waals surface area contributed by atoms with Crippen LogP contribution in [0.1, 0.15) is 44.5 Å². The van der Waals surface area contributed by atoms with Gasteiger partial charge in [-0.1, -0.05) is 6.42 Å². The highest BCUT2D eigenvalue weighted by Gasteiger charge is 2.38. The lowest BCUT2D eigenvalue weighted by Gasteiger charge is -2.37. The molecule has 108 valence electrons. The molecule has 0 saturated carbocycles. The summed E-state index contributed by atoms with van der Waals surface area (Å²) in [4.78, 5) is 0.135. The van der Waals surface area contributed by atoms with Crippen LogP contribution >= 0.6 is 0 Å². The Morgan fingerprint density at radius 1 is 1.37 bits per heavy atom. The summed E-state index contributed by atoms with van der Waals surface area (Å²) in [7, 11) is -3.61. The molecule has 1 fully saturated rings. The molecule has 2 N–H and O–H groups in total. The Balaban J connectivity index is 2.49. The monoisotopic (exact) mass is 287 g/mol. The number of H-pyrrole nitrogens is 1. The Morgan fingerprint density at radius 3 is 2.47 bits per heavy atom. The molecule has 0 aliphatic carbocycles. The zero-order chi connectivity index (χ0) is 14.2. The van der Waals surface area contributed by atoms with Crippen LogP contribution in [0.2, 0.25) is 0 Å². The summed E-state index contributed by atoms with van der Waals surface area (Å²) in [6.07, 6.45) is 2.79. The molecule has 1 aromatic rings. The fourth-order valence-electron chi connectivity index (χ4n) is 2.90. The first-order chi connectivity index (χ1) is 8.89. The average molecular weight is 287 g/mol. The number of rotatable bonds is 3. The number of aryl methyl sites for hydroxylation is 1. The Kier molecular flexibility index (Phi) is 3.98. The maximum atomic E-state index is 12.8. The quantitative estimate of drug-likeness (QED) is 0.873. The first-order valence-corrected chi connectivity index (χ1v) is 8.01. The van der Waals surface area contributed by atoms with Gasteiger partial charge in [0.2, 0.25) is 10.0 Å². The molecule has 7 heteroatoms. The van der Waals surface area contributed by atoms with E-state index in [9.17, 15) is 13.5 Å². The zero-order valence-corrected chi connectivity index (χ0v) is 12.4. The number of aliphatic hydroxyl groups is 1. The number of aromatic amines is 1. The van der Waals surface area contributed by atoms with E-state index >= 15 is 0 Å². The molecule has 0 spiro atoms. The molecule has 0 bridgehead atoms. The van der Waals surface area contributed by atoms with Crippen LogP contribution in [-0.4, -0.2) is 40.1 Å². The van der Waals surface area contributed by atoms with E-state index < -0.39 is 10.0 Å². The van der Waals surface area contributed by atoms with Crippen LogP contribution in [0.15, 0.2) is 4.90 Å². The molecule has 6 nitrogen and oxygen atoms in total. The predicted molar refractivity (Wildman–Crippen MR) is 71.0 cm³/mol. The third-order valence-corrected chi connectivity index (χ3v) is 6.09. The average Bonchev–Trinajstić information content (AvgIpc) is 2.70. The Labute approximate surface area is 113 Å². The van der Waals surface area contributed by atoms with E-state index in [1.165, 1.54) is 0 Å². The van der Waals surface area contributed by atoms with Crippen molar-refractivity contribution in [2.24, 2.45) is 0 Å². The van der Waals surface area contributed by atoms with Crippen molar-refractivity contribution < 1.29 is 13.5 Å². The van der Waals surface area contributed by atoms with Gasteiger partial charge in [0, 0.05) is 12.1 Å². The predicted octanol–water partition coefficient (Wildman–Crippen LogP) is 1.16. The van der Waals surface area contributed by atoms with Gasteiger partial charge in [-0.05, 0) is 33.6 Å². The van der Waals surface area contributed by atoms with Crippen LogP contribution in [0.25, 0.3) is 0 Å². The first kappa shape index (κ1) is 14.5. The molecule has 1 saturated heterocycles. The van der Waals surface area contributed by atoms with Gasteiger partial charge in [0.15, 0.2) is 0 Å². The van der Waals surface area contributed by atoms with E-state index in [4.69, 9.17) is 0 Å². The lowest BCUT2D eigenvalue weighted by atomic mass is 10.0. The number of sulfonamides is 1. The maximum Gasteiger partial charge on any atom is 0.247 e. The van der Waals surface area contributed by atoms with Crippen molar-refractivity contribution in [1.29, 1.82) is 0 Å². The van der Waals surface area contributed by atoms with Gasteiger partial charge in [-0.25, -0.2) is 8.42 Å². The molecular formula is C12H21N3O3S. The highest BCUT2D eigenvalue weighted by Crippen LogP contribution is 2.31. The summed E-state index contributed by atoms with van der Waals surface area (Å²) in [5.41, 5.74) is 0.677. The van der Waals surface area contributed by atoms with Crippen molar-refractivity contribution in [3.05, 3.63) is 11.4 Å². The van der Waals surface area contributed by atoms with Gasteiger partial charge in [-0.15, -0.1) is 0 Å². The third-order valence-electron chi connectivity index (χ3n) is 3.76. The van der Waals surface area contributed by atoms with E-state index in [1.54, 1.807) is 11.2 Å². The largest absolute Gasteiger partial charge is 0.390 e. The summed E-state index contributed by atoms with van der Waals surface area (Å²) in [5, 5.41) is 15.8. The molecular weight excluding hydrogens is 266 g/mol. The summed E-state index contributed by atoms with van der Waals surface area (Å²) in [5.74, 6) is 0. The van der Waals surface area contributed by atoms with Crippen LogP contribution in [0, 0.1) is 6.92 Å². The van der Waals surface area contributed by atoms with E-state index in [0.717, 1.165) is 19.3 Å². The van der Waals surface area contributed by atoms with Crippen LogP contribution in [-0.2, 0) is 16.6 Å². The summed E-state index contributed by atoms with van der Waals surface area (Å²) in [6.45, 7) is 5.15. The van der Waals surface area contributed by atoms with Crippen LogP contribution in [0.3, 0.4) is 0 Å². The molecule has 0 amide bonds. The summed E-state index contributed by atoms with van der Waals surface area (Å²) >= 11 is 0. The van der Waals surface area contributed by atoms with E-state index in [1.807, 2.05) is 13.8 Å². The fourth-order valence-corrected chi connectivity index (χ4v) is 5.11. The van der Waals surface area contributed by atoms with Gasteiger partial charge in [-0.3, -0.25) is 5.10 Å². The number of nitrogens with zero attached hydrogens (tertiary/aromatic N) is 2. The molecule has 1 aromatic heterocycles. The first-order valence-electron chi connectivity index (χ1n) is 6.57. The van der Waals surface area contributed by atoms with Crippen molar-refractivity contribution in [2.75, 3.05) is 0 Å². The summed E-state index contributed by atoms with van der Waals surface area (Å²) in [6, 6.07) is -0.0378. The molecule has 2 heterocycles. The van der Waals surface area contributed by atoms with Crippen molar-refractivity contribution in [1.82, 2.24) is 14.5 Å². The molecule has 0 radical (unpaired) electrons. The van der Waals surface area contributed by atoms with Gasteiger partial charge in [-0.2, -0.15) is 9.40 Å². The van der Waals surface area contributed by atoms with Crippen LogP contribution < -0.4 is 0 Å². The number of nitrogens with one attached hydrogen (secondary N) is 1. The second kappa shape index (κ2) is 5.22. The third kappa shape index (κ3) is 2.42. The molecule has 2 rings (SSSR count). The van der Waals surface area contributed by atoms with Gasteiger partial charge in [0.1, 0.15) is 10.6 Å². The Bertz CT molecular complexity index is 543. The zero-order valence-electron chi connectivity index (χ0n) is 11.5. The molecule has 0 aromatic carbocycles. The van der Waals surface area contributed by atoms with Crippen molar-refractivity contribution in [2.45, 2.75) is 63.6 Å². The van der Waals surface area contributed by atoms with E-state index in [0.29, 0.717) is 5.69 Å². The van der Waals surface area contributed by atoms with E-state index in [-0.39, 0.29) is 29.3 Å². The van der Waals surface area contributed by atoms with Crippen molar-refractivity contribution in [3.8, 4) is 0 Å². The lowest BCUT2D eigenvalue weighted by Crippen LogP contribution is -2.47. The minimum atomic E-state index is -3.61. The van der Waals surface area contributed by atoms with Gasteiger partial charge < -0.3 is 5.11 Å². The maximum absolute atomic E-state index is 12.8. The Morgan fingerprint density at radius 2 is 1.95 bits per heavy atom. The number of hydrogen-bond acceptors (Lipinski definition) is 4. The molecule has 19 heavy (non-hydrogen) atoms. The van der Waals surface area contributed by atoms with E-state index in [2.05, 4.69) is 10.2 Å². The topological polar surface area (TPSA) is 86.3 Å². The highest BCUT2D eigenvalue weighted by atomic mass is 32.2. The molecule has 2 atom stereocenters. The standard InChI is InChI=1S/C12H21N3O3S/c1-8-5-4-6-9(2)15(8)19(17,18)12-10(3)13-14-11(12)7-16/h8-9,16H,4-7H2,1-3H3,(H,13,14)/t8-,9+. The fraction of sp³-hybridized carbons (Fsp3) is 0.750. The normalized spacial score (nSPS) is 25.7. The number of piperidine rings is 1. The van der Waals surface area contributed by atoms with Crippen LogP contribution in [0.5, 0.6) is 0 Å². The second-order valence-corrected chi connectivity index (χ2v) is 7.03. The Hall–Kier alpha value is -0.920. The smallest absolute Gasteiger partial charge is 0.247 e. The van der Waals surface area contributed by atoms with Crippen LogP contribution in [0.4, 0.5) is 0 Å². The SMILES string of the molecule is Cc1[nH]nc(CO)c1S(=O)(=O)N1[C@H](C)CCC[C@@H]1C. The van der Waals surface area contributed by atoms with Gasteiger partial charge >= 0.3 is 0 Å². The molecule has 1 aliphatic rings. The lowest BCUT2D eigenvalue weighted by molar-refractivity contribution is 0.203. The van der Waals surface area contributed by atoms with Gasteiger partial charge in [0.25, 0.3) is 0 Å². The summed E-state index contributed by atoms with van der Waals surface area (Å²) < 4.78 is 27.2. The minimum Gasteiger partial charge on any atom is -0.390 e. The second-order valence-electron chi connectivity index (χ2n) is 5.25. The number of aromatic nitrogens is 2. The minimum absolute atomic E-state index is 0.0189. The van der Waals surface area contributed by atoms with Crippen molar-refractivity contribution >= 4 is 10.0 Å².